The molecule has 2 aromatic carbocycles. The van der Waals surface area contributed by atoms with Gasteiger partial charge in [-0.05, 0) is 36.6 Å². The van der Waals surface area contributed by atoms with Crippen LogP contribution < -0.4 is 9.47 Å². The fourth-order valence-corrected chi connectivity index (χ4v) is 2.56. The smallest absolute Gasteiger partial charge is 0.346 e. The lowest BCUT2D eigenvalue weighted by molar-refractivity contribution is 0.0721. The molecule has 146 valence electrons. The highest BCUT2D eigenvalue weighted by atomic mass is 19.2. The molecule has 0 aliphatic carbocycles. The molecule has 6 heteroatoms. The Bertz CT molecular complexity index is 790. The number of hydrogen-bond donors (Lipinski definition) is 0. The van der Waals surface area contributed by atoms with Gasteiger partial charge in [-0.25, -0.2) is 13.6 Å². The van der Waals surface area contributed by atoms with Crippen molar-refractivity contribution < 1.29 is 27.4 Å². The monoisotopic (exact) mass is 380 g/mol. The number of ether oxygens (including phenoxy) is 2. The molecule has 0 aliphatic heterocycles. The van der Waals surface area contributed by atoms with Crippen LogP contribution in [0.1, 0.15) is 55.5 Å². The third-order valence-electron chi connectivity index (χ3n) is 4.03. The predicted octanol–water partition coefficient (Wildman–Crippen LogP) is 5.84. The van der Waals surface area contributed by atoms with Crippen molar-refractivity contribution >= 4 is 5.97 Å². The Hall–Kier alpha value is -2.50. The van der Waals surface area contributed by atoms with Gasteiger partial charge in [0.2, 0.25) is 5.82 Å². The van der Waals surface area contributed by atoms with Crippen molar-refractivity contribution in [3.63, 3.8) is 0 Å². The summed E-state index contributed by atoms with van der Waals surface area (Å²) in [4.78, 5) is 12.1. The molecule has 0 N–H and O–H groups in total. The van der Waals surface area contributed by atoms with Gasteiger partial charge in [0, 0.05) is 6.07 Å². The Morgan fingerprint density at radius 3 is 2.41 bits per heavy atom. The van der Waals surface area contributed by atoms with Crippen molar-refractivity contribution in [2.24, 2.45) is 0 Å². The molecule has 2 aromatic rings. The highest BCUT2D eigenvalue weighted by Gasteiger charge is 2.20. The predicted molar refractivity (Wildman–Crippen MR) is 96.7 cm³/mol. The van der Waals surface area contributed by atoms with Gasteiger partial charge >= 0.3 is 5.97 Å². The number of halogens is 3. The van der Waals surface area contributed by atoms with E-state index < -0.39 is 29.2 Å². The van der Waals surface area contributed by atoms with Gasteiger partial charge in [0.25, 0.3) is 0 Å². The zero-order chi connectivity index (χ0) is 19.8. The molecule has 0 aromatic heterocycles. The number of aryl methyl sites for hydroxylation is 1. The fourth-order valence-electron chi connectivity index (χ4n) is 2.56. The average molecular weight is 380 g/mol. The molecular weight excluding hydrogens is 357 g/mol. The first-order valence-electron chi connectivity index (χ1n) is 9.09. The van der Waals surface area contributed by atoms with Crippen molar-refractivity contribution in [2.75, 3.05) is 6.61 Å². The number of unbranched alkanes of at least 4 members (excludes halogenated alkanes) is 2. The van der Waals surface area contributed by atoms with Crippen molar-refractivity contribution in [3.05, 3.63) is 58.9 Å². The lowest BCUT2D eigenvalue weighted by atomic mass is 10.1. The molecule has 0 saturated carbocycles. The van der Waals surface area contributed by atoms with Crippen LogP contribution in [0, 0.1) is 17.5 Å². The Kier molecular flexibility index (Phi) is 7.70. The van der Waals surface area contributed by atoms with Crippen LogP contribution >= 0.6 is 0 Å². The van der Waals surface area contributed by atoms with Gasteiger partial charge in [-0.2, -0.15) is 4.39 Å². The minimum atomic E-state index is -1.26. The normalized spacial score (nSPS) is 10.7. The van der Waals surface area contributed by atoms with Crippen molar-refractivity contribution in [1.82, 2.24) is 0 Å². The van der Waals surface area contributed by atoms with Gasteiger partial charge in [0.05, 0.1) is 12.2 Å². The quantitative estimate of drug-likeness (QED) is 0.311. The minimum Gasteiger partial charge on any atom is -0.493 e. The SMILES string of the molecule is CCCCCOc1ccc(C(=O)Oc2ccc(CCC)c(F)c2F)c(F)c1. The first kappa shape index (κ1) is 20.8. The first-order valence-corrected chi connectivity index (χ1v) is 9.09. The van der Waals surface area contributed by atoms with Crippen molar-refractivity contribution in [1.29, 1.82) is 0 Å². The van der Waals surface area contributed by atoms with E-state index in [1.54, 1.807) is 0 Å². The molecule has 0 atom stereocenters. The molecule has 0 unspecified atom stereocenters. The molecule has 0 amide bonds. The van der Waals surface area contributed by atoms with Gasteiger partial charge in [-0.1, -0.05) is 39.2 Å². The fraction of sp³-hybridized carbons (Fsp3) is 0.381. The minimum absolute atomic E-state index is 0.200. The molecule has 3 nitrogen and oxygen atoms in total. The van der Waals surface area contributed by atoms with Gasteiger partial charge in [0.15, 0.2) is 11.6 Å². The van der Waals surface area contributed by atoms with Crippen LogP contribution in [0.3, 0.4) is 0 Å². The van der Waals surface area contributed by atoms with Crippen LogP contribution in [-0.2, 0) is 6.42 Å². The lowest BCUT2D eigenvalue weighted by Gasteiger charge is -2.10. The third kappa shape index (κ3) is 5.49. The summed E-state index contributed by atoms with van der Waals surface area (Å²) in [5.74, 6) is -4.55. The highest BCUT2D eigenvalue weighted by molar-refractivity contribution is 5.91. The van der Waals surface area contributed by atoms with E-state index in [2.05, 4.69) is 6.92 Å². The number of rotatable bonds is 9. The zero-order valence-electron chi connectivity index (χ0n) is 15.5. The average Bonchev–Trinajstić information content (AvgIpc) is 2.65. The number of benzene rings is 2. The van der Waals surface area contributed by atoms with Gasteiger partial charge in [-0.3, -0.25) is 0 Å². The van der Waals surface area contributed by atoms with Crippen molar-refractivity contribution in [2.45, 2.75) is 46.0 Å². The maximum absolute atomic E-state index is 14.2. The maximum Gasteiger partial charge on any atom is 0.346 e. The summed E-state index contributed by atoms with van der Waals surface area (Å²) in [6.45, 7) is 4.35. The van der Waals surface area contributed by atoms with E-state index >= 15 is 0 Å². The Labute approximate surface area is 157 Å². The van der Waals surface area contributed by atoms with Crippen LogP contribution in [0.25, 0.3) is 0 Å². The van der Waals surface area contributed by atoms with Crippen LogP contribution in [0.5, 0.6) is 11.5 Å². The maximum atomic E-state index is 14.2. The van der Waals surface area contributed by atoms with E-state index in [1.807, 2.05) is 6.92 Å². The zero-order valence-corrected chi connectivity index (χ0v) is 15.5. The van der Waals surface area contributed by atoms with E-state index in [9.17, 15) is 18.0 Å². The summed E-state index contributed by atoms with van der Waals surface area (Å²) in [5.41, 5.74) is -0.182. The summed E-state index contributed by atoms with van der Waals surface area (Å²) >= 11 is 0. The van der Waals surface area contributed by atoms with E-state index in [-0.39, 0.29) is 11.1 Å². The Morgan fingerprint density at radius 1 is 0.963 bits per heavy atom. The largest absolute Gasteiger partial charge is 0.493 e. The molecule has 27 heavy (non-hydrogen) atoms. The van der Waals surface area contributed by atoms with Crippen LogP contribution in [0.15, 0.2) is 30.3 Å². The molecule has 0 radical (unpaired) electrons. The van der Waals surface area contributed by atoms with Crippen molar-refractivity contribution in [3.8, 4) is 11.5 Å². The molecule has 0 aliphatic rings. The molecule has 0 bridgehead atoms. The summed E-state index contributed by atoms with van der Waals surface area (Å²) in [7, 11) is 0. The third-order valence-corrected chi connectivity index (χ3v) is 4.03. The molecule has 0 fully saturated rings. The van der Waals surface area contributed by atoms with E-state index in [4.69, 9.17) is 9.47 Å². The van der Waals surface area contributed by atoms with E-state index in [0.29, 0.717) is 25.2 Å². The Balaban J connectivity index is 2.09. The molecule has 0 saturated heterocycles. The summed E-state index contributed by atoms with van der Waals surface area (Å²) < 4.78 is 52.4. The van der Waals surface area contributed by atoms with Gasteiger partial charge in [-0.15, -0.1) is 0 Å². The summed E-state index contributed by atoms with van der Waals surface area (Å²) in [6, 6.07) is 6.24. The summed E-state index contributed by atoms with van der Waals surface area (Å²) in [5, 5.41) is 0. The molecule has 0 spiro atoms. The second-order valence-corrected chi connectivity index (χ2v) is 6.19. The molecular formula is C21H23F3O3. The van der Waals surface area contributed by atoms with Crippen LogP contribution in [0.2, 0.25) is 0 Å². The number of carbonyl (C=O) groups excluding carboxylic acids is 1. The summed E-state index contributed by atoms with van der Waals surface area (Å²) in [6.07, 6.45) is 3.91. The van der Waals surface area contributed by atoms with Gasteiger partial charge < -0.3 is 9.47 Å². The Morgan fingerprint density at radius 2 is 1.74 bits per heavy atom. The standard InChI is InChI=1S/C21H23F3O3/c1-3-5-6-12-26-15-9-10-16(17(22)13-15)21(25)27-18-11-8-14(7-4-2)19(23)20(18)24/h8-11,13H,3-7,12H2,1-2H3. The highest BCUT2D eigenvalue weighted by Crippen LogP contribution is 2.25. The van der Waals surface area contributed by atoms with Crippen LogP contribution in [0.4, 0.5) is 13.2 Å². The lowest BCUT2D eigenvalue weighted by Crippen LogP contribution is -2.12. The number of carbonyl (C=O) groups is 1. The van der Waals surface area contributed by atoms with Gasteiger partial charge in [0.1, 0.15) is 11.6 Å². The number of hydrogen-bond acceptors (Lipinski definition) is 3. The van der Waals surface area contributed by atoms with E-state index in [0.717, 1.165) is 25.3 Å². The first-order chi connectivity index (χ1) is 13.0. The second-order valence-electron chi connectivity index (χ2n) is 6.19. The molecule has 2 rings (SSSR count). The van der Waals surface area contributed by atoms with Crippen LogP contribution in [-0.4, -0.2) is 12.6 Å². The number of esters is 1. The molecule has 0 heterocycles. The second kappa shape index (κ2) is 10.00. The topological polar surface area (TPSA) is 35.5 Å². The van der Waals surface area contributed by atoms with E-state index in [1.165, 1.54) is 24.3 Å².